The van der Waals surface area contributed by atoms with E-state index in [0.717, 1.165) is 29.7 Å². The Bertz CT molecular complexity index is 1230. The van der Waals surface area contributed by atoms with E-state index in [1.807, 2.05) is 0 Å². The smallest absolute Gasteiger partial charge is 0.282 e. The number of rotatable bonds is 5. The Kier molecular flexibility index (Phi) is 5.40. The minimum absolute atomic E-state index is 0.111. The predicted molar refractivity (Wildman–Crippen MR) is 114 cm³/mol. The minimum Gasteiger partial charge on any atom is -0.312 e. The molecular weight excluding hydrogens is 424 g/mol. The lowest BCUT2D eigenvalue weighted by molar-refractivity contribution is -0.385. The van der Waals surface area contributed by atoms with Gasteiger partial charge in [0.25, 0.3) is 11.6 Å². The number of nitrogens with one attached hydrogen (secondary N) is 1. The number of nitrogens with zero attached hydrogens (tertiary/aromatic N) is 1. The molecule has 30 heavy (non-hydrogen) atoms. The number of thiophene rings is 1. The lowest BCUT2D eigenvalue weighted by atomic mass is 9.99. The molecule has 0 bridgehead atoms. The second-order valence-corrected chi connectivity index (χ2v) is 9.91. The quantitative estimate of drug-likeness (QED) is 0.458. The first kappa shape index (κ1) is 20.2. The van der Waals surface area contributed by atoms with Crippen molar-refractivity contribution >= 4 is 37.8 Å². The molecule has 0 atom stereocenters. The first-order valence-corrected chi connectivity index (χ1v) is 11.7. The molecule has 1 heterocycles. The molecule has 0 spiro atoms. The molecule has 9 heteroatoms. The van der Waals surface area contributed by atoms with E-state index in [2.05, 4.69) is 5.32 Å². The number of amides is 1. The van der Waals surface area contributed by atoms with Gasteiger partial charge in [-0.3, -0.25) is 14.9 Å². The summed E-state index contributed by atoms with van der Waals surface area (Å²) in [5.74, 6) is -0.703. The second kappa shape index (κ2) is 8.00. The van der Waals surface area contributed by atoms with Crippen LogP contribution in [-0.4, -0.2) is 19.2 Å². The highest BCUT2D eigenvalue weighted by molar-refractivity contribution is 7.92. The van der Waals surface area contributed by atoms with Gasteiger partial charge in [0.05, 0.1) is 9.82 Å². The number of benzene rings is 2. The molecule has 2 aromatic carbocycles. The summed E-state index contributed by atoms with van der Waals surface area (Å²) in [7, 11) is -3.86. The highest BCUT2D eigenvalue weighted by Crippen LogP contribution is 2.43. The fourth-order valence-electron chi connectivity index (χ4n) is 3.62. The van der Waals surface area contributed by atoms with E-state index < -0.39 is 20.7 Å². The average Bonchev–Trinajstić information content (AvgIpc) is 3.12. The fraction of sp³-hybridized carbons (Fsp3) is 0.190. The van der Waals surface area contributed by atoms with E-state index in [1.54, 1.807) is 18.2 Å². The monoisotopic (exact) mass is 442 g/mol. The molecule has 1 amide bonds. The molecule has 0 unspecified atom stereocenters. The molecule has 0 fully saturated rings. The maximum absolute atomic E-state index is 13.4. The van der Waals surface area contributed by atoms with Gasteiger partial charge in [-0.05, 0) is 49.4 Å². The van der Waals surface area contributed by atoms with Gasteiger partial charge in [-0.1, -0.05) is 30.3 Å². The van der Waals surface area contributed by atoms with Crippen LogP contribution in [0.3, 0.4) is 0 Å². The van der Waals surface area contributed by atoms with Crippen molar-refractivity contribution in [3.05, 3.63) is 80.7 Å². The number of aryl methyl sites for hydroxylation is 1. The number of sulfone groups is 1. The first-order valence-electron chi connectivity index (χ1n) is 9.39. The summed E-state index contributed by atoms with van der Waals surface area (Å²) < 4.78 is 26.9. The zero-order chi connectivity index (χ0) is 21.3. The zero-order valence-corrected chi connectivity index (χ0v) is 17.5. The highest BCUT2D eigenvalue weighted by atomic mass is 32.2. The Morgan fingerprint density at radius 1 is 1.00 bits per heavy atom. The van der Waals surface area contributed by atoms with Crippen molar-refractivity contribution in [3.63, 3.8) is 0 Å². The summed E-state index contributed by atoms with van der Waals surface area (Å²) in [6.45, 7) is 0. The second-order valence-electron chi connectivity index (χ2n) is 6.91. The average molecular weight is 443 g/mol. The van der Waals surface area contributed by atoms with E-state index in [4.69, 9.17) is 0 Å². The first-order chi connectivity index (χ1) is 14.4. The van der Waals surface area contributed by atoms with E-state index in [-0.39, 0.29) is 26.0 Å². The number of hydrogen-bond acceptors (Lipinski definition) is 6. The van der Waals surface area contributed by atoms with Crippen LogP contribution in [0.2, 0.25) is 0 Å². The molecule has 7 nitrogen and oxygen atoms in total. The number of fused-ring (bicyclic) bond motifs is 1. The SMILES string of the molecule is O=C(Nc1sc2c(c1S(=O)(=O)c1ccccc1)CCCC2)c1ccccc1[N+](=O)[O-]. The van der Waals surface area contributed by atoms with Gasteiger partial charge < -0.3 is 5.32 Å². The molecule has 1 aliphatic rings. The van der Waals surface area contributed by atoms with Crippen LogP contribution in [0.4, 0.5) is 10.7 Å². The van der Waals surface area contributed by atoms with Crippen molar-refractivity contribution in [3.8, 4) is 0 Å². The normalized spacial score (nSPS) is 13.5. The lowest BCUT2D eigenvalue weighted by Crippen LogP contribution is -2.16. The molecule has 0 aliphatic heterocycles. The van der Waals surface area contributed by atoms with Crippen molar-refractivity contribution in [1.29, 1.82) is 0 Å². The number of carbonyl (C=O) groups is 1. The summed E-state index contributed by atoms with van der Waals surface area (Å²) >= 11 is 1.24. The van der Waals surface area contributed by atoms with Gasteiger partial charge in [0.1, 0.15) is 15.5 Å². The van der Waals surface area contributed by atoms with Crippen molar-refractivity contribution < 1.29 is 18.1 Å². The van der Waals surface area contributed by atoms with Gasteiger partial charge in [-0.15, -0.1) is 11.3 Å². The molecule has 1 aliphatic carbocycles. The minimum atomic E-state index is -3.86. The summed E-state index contributed by atoms with van der Waals surface area (Å²) in [5.41, 5.74) is 0.300. The summed E-state index contributed by atoms with van der Waals surface area (Å²) in [6, 6.07) is 13.7. The summed E-state index contributed by atoms with van der Waals surface area (Å²) in [6.07, 6.45) is 3.20. The van der Waals surface area contributed by atoms with Gasteiger partial charge in [0, 0.05) is 10.9 Å². The number of anilines is 1. The van der Waals surface area contributed by atoms with Crippen LogP contribution >= 0.6 is 11.3 Å². The van der Waals surface area contributed by atoms with Gasteiger partial charge >= 0.3 is 0 Å². The third-order valence-electron chi connectivity index (χ3n) is 5.02. The molecule has 4 rings (SSSR count). The van der Waals surface area contributed by atoms with Crippen LogP contribution in [0.5, 0.6) is 0 Å². The Hall–Kier alpha value is -3.04. The molecule has 0 radical (unpaired) electrons. The van der Waals surface area contributed by atoms with E-state index in [0.29, 0.717) is 6.42 Å². The summed E-state index contributed by atoms with van der Waals surface area (Å²) in [4.78, 5) is 24.7. The Morgan fingerprint density at radius 3 is 2.40 bits per heavy atom. The van der Waals surface area contributed by atoms with E-state index in [9.17, 15) is 23.3 Å². The maximum atomic E-state index is 13.4. The van der Waals surface area contributed by atoms with Crippen LogP contribution < -0.4 is 5.32 Å². The summed E-state index contributed by atoms with van der Waals surface area (Å²) in [5, 5.41) is 14.1. The van der Waals surface area contributed by atoms with Gasteiger partial charge in [0.15, 0.2) is 0 Å². The number of para-hydroxylation sites is 1. The number of nitro benzene ring substituents is 1. The Morgan fingerprint density at radius 2 is 1.67 bits per heavy atom. The topological polar surface area (TPSA) is 106 Å². The van der Waals surface area contributed by atoms with Gasteiger partial charge in [-0.2, -0.15) is 0 Å². The van der Waals surface area contributed by atoms with Crippen molar-refractivity contribution in [2.24, 2.45) is 0 Å². The van der Waals surface area contributed by atoms with Crippen LogP contribution in [0.15, 0.2) is 64.4 Å². The lowest BCUT2D eigenvalue weighted by Gasteiger charge is -2.13. The largest absolute Gasteiger partial charge is 0.312 e. The number of hydrogen-bond donors (Lipinski definition) is 1. The molecule has 1 aromatic heterocycles. The van der Waals surface area contributed by atoms with Crippen LogP contribution in [-0.2, 0) is 22.7 Å². The number of carbonyl (C=O) groups excluding carboxylic acids is 1. The zero-order valence-electron chi connectivity index (χ0n) is 15.8. The van der Waals surface area contributed by atoms with Crippen molar-refractivity contribution in [2.45, 2.75) is 35.5 Å². The standard InChI is InChI=1S/C21H18N2O5S2/c24-20(15-10-4-6-12-17(15)23(25)26)22-21-19(16-11-5-7-13-18(16)29-21)30(27,28)14-8-2-1-3-9-14/h1-4,6,8-10,12H,5,7,11,13H2,(H,22,24). The van der Waals surface area contributed by atoms with Crippen LogP contribution in [0.1, 0.15) is 33.6 Å². The van der Waals surface area contributed by atoms with Crippen molar-refractivity contribution in [1.82, 2.24) is 0 Å². The Balaban J connectivity index is 1.81. The Labute approximate surface area is 177 Å². The molecular formula is C21H18N2O5S2. The molecule has 154 valence electrons. The van der Waals surface area contributed by atoms with Gasteiger partial charge in [0.2, 0.25) is 9.84 Å². The number of nitro groups is 1. The maximum Gasteiger partial charge on any atom is 0.282 e. The third-order valence-corrected chi connectivity index (χ3v) is 8.23. The van der Waals surface area contributed by atoms with Crippen LogP contribution in [0.25, 0.3) is 0 Å². The predicted octanol–water partition coefficient (Wildman–Crippen LogP) is 4.62. The fourth-order valence-corrected chi connectivity index (χ4v) is 6.91. The molecule has 0 saturated heterocycles. The molecule has 0 saturated carbocycles. The van der Waals surface area contributed by atoms with Crippen LogP contribution in [0, 0.1) is 10.1 Å². The molecule has 1 N–H and O–H groups in total. The van der Waals surface area contributed by atoms with E-state index >= 15 is 0 Å². The van der Waals surface area contributed by atoms with E-state index in [1.165, 1.54) is 47.7 Å². The molecule has 3 aromatic rings. The third kappa shape index (κ3) is 3.61. The van der Waals surface area contributed by atoms with Crippen molar-refractivity contribution in [2.75, 3.05) is 5.32 Å². The highest BCUT2D eigenvalue weighted by Gasteiger charge is 2.32. The van der Waals surface area contributed by atoms with Gasteiger partial charge in [-0.25, -0.2) is 8.42 Å².